The first-order valence-electron chi connectivity index (χ1n) is 7.06. The molecule has 3 rings (SSSR count). The number of carbonyl (C=O) groups is 1. The average molecular weight is 289 g/mol. The molecule has 2 heterocycles. The summed E-state index contributed by atoms with van der Waals surface area (Å²) in [6, 6.07) is 9.94. The Bertz CT molecular complexity index is 641. The van der Waals surface area contributed by atoms with Gasteiger partial charge >= 0.3 is 0 Å². The number of halogens is 1. The highest BCUT2D eigenvalue weighted by Crippen LogP contribution is 2.23. The number of carbonyl (C=O) groups excluding carboxylic acids is 1. The van der Waals surface area contributed by atoms with Crippen molar-refractivity contribution < 1.29 is 4.79 Å². The molecule has 0 radical (unpaired) electrons. The molecule has 1 aliphatic heterocycles. The molecule has 0 atom stereocenters. The van der Waals surface area contributed by atoms with Crippen LogP contribution in [0.2, 0.25) is 5.15 Å². The van der Waals surface area contributed by atoms with Gasteiger partial charge in [-0.25, -0.2) is 4.98 Å². The molecule has 1 amide bonds. The lowest BCUT2D eigenvalue weighted by Gasteiger charge is -2.21. The van der Waals surface area contributed by atoms with Crippen LogP contribution in [0.5, 0.6) is 0 Å². The van der Waals surface area contributed by atoms with Crippen LogP contribution in [0.25, 0.3) is 10.9 Å². The highest BCUT2D eigenvalue weighted by Gasteiger charge is 2.18. The van der Waals surface area contributed by atoms with Crippen molar-refractivity contribution in [1.82, 2.24) is 9.88 Å². The van der Waals surface area contributed by atoms with E-state index in [0.29, 0.717) is 18.1 Å². The summed E-state index contributed by atoms with van der Waals surface area (Å²) in [5.41, 5.74) is 1.82. The minimum atomic E-state index is 0.228. The summed E-state index contributed by atoms with van der Waals surface area (Å²) >= 11 is 6.26. The van der Waals surface area contributed by atoms with Crippen LogP contribution in [0.4, 0.5) is 0 Å². The summed E-state index contributed by atoms with van der Waals surface area (Å²) in [6.45, 7) is 1.39. The first-order chi connectivity index (χ1) is 9.74. The maximum absolute atomic E-state index is 12.1. The molecule has 1 aromatic carbocycles. The molecule has 1 aromatic heterocycles. The number of hydrogen-bond donors (Lipinski definition) is 0. The van der Waals surface area contributed by atoms with Crippen molar-refractivity contribution in [2.75, 3.05) is 6.54 Å². The molecule has 4 heteroatoms. The lowest BCUT2D eigenvalue weighted by atomic mass is 10.1. The van der Waals surface area contributed by atoms with Gasteiger partial charge in [-0.1, -0.05) is 36.2 Å². The van der Waals surface area contributed by atoms with Crippen molar-refractivity contribution in [3.8, 4) is 0 Å². The largest absolute Gasteiger partial charge is 0.338 e. The van der Waals surface area contributed by atoms with E-state index in [-0.39, 0.29) is 5.91 Å². The van der Waals surface area contributed by atoms with Gasteiger partial charge in [-0.15, -0.1) is 0 Å². The standard InChI is InChI=1S/C16H17ClN2O/c17-16-13(10-12-6-3-4-7-14(12)18-16)11-19-9-5-1-2-8-15(19)20/h3-4,6-7,10H,1-2,5,8-9,11H2. The van der Waals surface area contributed by atoms with Crippen LogP contribution < -0.4 is 0 Å². The molecule has 1 aliphatic rings. The van der Waals surface area contributed by atoms with E-state index in [4.69, 9.17) is 11.6 Å². The van der Waals surface area contributed by atoms with Crippen molar-refractivity contribution in [3.05, 3.63) is 41.0 Å². The first kappa shape index (κ1) is 13.4. The molecular formula is C16H17ClN2O. The van der Waals surface area contributed by atoms with E-state index >= 15 is 0 Å². The van der Waals surface area contributed by atoms with Gasteiger partial charge in [-0.3, -0.25) is 4.79 Å². The lowest BCUT2D eigenvalue weighted by molar-refractivity contribution is -0.131. The Morgan fingerprint density at radius 3 is 2.95 bits per heavy atom. The molecule has 0 unspecified atom stereocenters. The smallest absolute Gasteiger partial charge is 0.222 e. The maximum atomic E-state index is 12.1. The summed E-state index contributed by atoms with van der Waals surface area (Å²) in [5.74, 6) is 0.228. The quantitative estimate of drug-likeness (QED) is 0.788. The third-order valence-corrected chi connectivity index (χ3v) is 4.11. The highest BCUT2D eigenvalue weighted by atomic mass is 35.5. The van der Waals surface area contributed by atoms with Crippen molar-refractivity contribution >= 4 is 28.4 Å². The number of amides is 1. The average Bonchev–Trinajstić information content (AvgIpc) is 2.65. The molecule has 0 saturated carbocycles. The molecule has 0 N–H and O–H groups in total. The second-order valence-corrected chi connectivity index (χ2v) is 5.61. The summed E-state index contributed by atoms with van der Waals surface area (Å²) in [5, 5.41) is 1.56. The van der Waals surface area contributed by atoms with E-state index in [9.17, 15) is 4.79 Å². The monoisotopic (exact) mass is 288 g/mol. The fourth-order valence-electron chi connectivity index (χ4n) is 2.66. The van der Waals surface area contributed by atoms with Gasteiger partial charge in [0.1, 0.15) is 5.15 Å². The molecule has 20 heavy (non-hydrogen) atoms. The van der Waals surface area contributed by atoms with Crippen LogP contribution >= 0.6 is 11.6 Å². The Morgan fingerprint density at radius 2 is 2.05 bits per heavy atom. The maximum Gasteiger partial charge on any atom is 0.222 e. The fraction of sp³-hybridized carbons (Fsp3) is 0.375. The molecule has 1 saturated heterocycles. The molecule has 0 bridgehead atoms. The van der Waals surface area contributed by atoms with Gasteiger partial charge in [-0.2, -0.15) is 0 Å². The summed E-state index contributed by atoms with van der Waals surface area (Å²) < 4.78 is 0. The number of nitrogens with zero attached hydrogens (tertiary/aromatic N) is 2. The Hall–Kier alpha value is -1.61. The van der Waals surface area contributed by atoms with Gasteiger partial charge in [0.25, 0.3) is 0 Å². The van der Waals surface area contributed by atoms with Crippen LogP contribution in [0.15, 0.2) is 30.3 Å². The molecular weight excluding hydrogens is 272 g/mol. The van der Waals surface area contributed by atoms with Crippen molar-refractivity contribution in [2.24, 2.45) is 0 Å². The zero-order valence-corrected chi connectivity index (χ0v) is 12.1. The Morgan fingerprint density at radius 1 is 1.20 bits per heavy atom. The van der Waals surface area contributed by atoms with Crippen LogP contribution in [0.3, 0.4) is 0 Å². The molecule has 0 aliphatic carbocycles. The Balaban J connectivity index is 1.89. The Labute approximate surface area is 123 Å². The lowest BCUT2D eigenvalue weighted by Crippen LogP contribution is -2.29. The highest BCUT2D eigenvalue weighted by molar-refractivity contribution is 6.30. The van der Waals surface area contributed by atoms with Gasteiger partial charge in [0.2, 0.25) is 5.91 Å². The van der Waals surface area contributed by atoms with E-state index in [1.54, 1.807) is 0 Å². The van der Waals surface area contributed by atoms with E-state index < -0.39 is 0 Å². The van der Waals surface area contributed by atoms with Crippen molar-refractivity contribution in [2.45, 2.75) is 32.2 Å². The summed E-state index contributed by atoms with van der Waals surface area (Å²) in [7, 11) is 0. The number of para-hydroxylation sites is 1. The summed E-state index contributed by atoms with van der Waals surface area (Å²) in [4.78, 5) is 18.4. The van der Waals surface area contributed by atoms with E-state index in [0.717, 1.165) is 42.3 Å². The van der Waals surface area contributed by atoms with Gasteiger partial charge in [0, 0.05) is 30.5 Å². The minimum absolute atomic E-state index is 0.228. The number of aromatic nitrogens is 1. The molecule has 0 spiro atoms. The molecule has 1 fully saturated rings. The van der Waals surface area contributed by atoms with Crippen LogP contribution in [0.1, 0.15) is 31.2 Å². The summed E-state index contributed by atoms with van der Waals surface area (Å²) in [6.07, 6.45) is 3.86. The second kappa shape index (κ2) is 5.80. The van der Waals surface area contributed by atoms with Crippen LogP contribution in [-0.4, -0.2) is 22.3 Å². The normalized spacial score (nSPS) is 16.4. The predicted octanol–water partition coefficient (Wildman–Crippen LogP) is 3.79. The first-order valence-corrected chi connectivity index (χ1v) is 7.44. The van der Waals surface area contributed by atoms with Crippen LogP contribution in [0, 0.1) is 0 Å². The SMILES string of the molecule is O=C1CCCCCN1Cc1cc2ccccc2nc1Cl. The van der Waals surface area contributed by atoms with E-state index in [1.807, 2.05) is 35.2 Å². The number of hydrogen-bond acceptors (Lipinski definition) is 2. The molecule has 3 nitrogen and oxygen atoms in total. The molecule has 104 valence electrons. The van der Waals surface area contributed by atoms with Crippen LogP contribution in [-0.2, 0) is 11.3 Å². The zero-order valence-electron chi connectivity index (χ0n) is 11.3. The Kier molecular flexibility index (Phi) is 3.88. The van der Waals surface area contributed by atoms with Gasteiger partial charge in [0.15, 0.2) is 0 Å². The van der Waals surface area contributed by atoms with E-state index in [2.05, 4.69) is 4.98 Å². The second-order valence-electron chi connectivity index (χ2n) is 5.26. The number of fused-ring (bicyclic) bond motifs is 1. The third-order valence-electron chi connectivity index (χ3n) is 3.78. The van der Waals surface area contributed by atoms with E-state index in [1.165, 1.54) is 0 Å². The molecule has 2 aromatic rings. The zero-order chi connectivity index (χ0) is 13.9. The topological polar surface area (TPSA) is 33.2 Å². The van der Waals surface area contributed by atoms with Crippen molar-refractivity contribution in [1.29, 1.82) is 0 Å². The van der Waals surface area contributed by atoms with Gasteiger partial charge in [-0.05, 0) is 25.0 Å². The van der Waals surface area contributed by atoms with Gasteiger partial charge < -0.3 is 4.90 Å². The van der Waals surface area contributed by atoms with Crippen molar-refractivity contribution in [3.63, 3.8) is 0 Å². The number of pyridine rings is 1. The number of benzene rings is 1. The third kappa shape index (κ3) is 2.78. The van der Waals surface area contributed by atoms with Gasteiger partial charge in [0.05, 0.1) is 5.52 Å². The minimum Gasteiger partial charge on any atom is -0.338 e. The fourth-order valence-corrected chi connectivity index (χ4v) is 2.86. The number of rotatable bonds is 2. The predicted molar refractivity (Wildman–Crippen MR) is 80.6 cm³/mol. The number of likely N-dealkylation sites (tertiary alicyclic amines) is 1.